The van der Waals surface area contributed by atoms with Gasteiger partial charge in [-0.3, -0.25) is 4.79 Å². The van der Waals surface area contributed by atoms with Gasteiger partial charge in [0.15, 0.2) is 12.6 Å². The number of fused-ring (bicyclic) bond motifs is 1. The maximum atomic E-state index is 12.0. The van der Waals surface area contributed by atoms with Crippen LogP contribution < -0.4 is 0 Å². The lowest BCUT2D eigenvalue weighted by Gasteiger charge is -2.30. The zero-order chi connectivity index (χ0) is 23.0. The molecule has 3 heterocycles. The predicted molar refractivity (Wildman–Crippen MR) is 124 cm³/mol. The Hall–Kier alpha value is -1.39. The average molecular weight is 461 g/mol. The van der Waals surface area contributed by atoms with Crippen molar-refractivity contribution in [3.05, 3.63) is 12.2 Å². The molecule has 3 saturated heterocycles. The van der Waals surface area contributed by atoms with Gasteiger partial charge in [-0.2, -0.15) is 0 Å². The summed E-state index contributed by atoms with van der Waals surface area (Å²) in [6, 6.07) is 0. The lowest BCUT2D eigenvalue weighted by molar-refractivity contribution is -0.194. The van der Waals surface area contributed by atoms with E-state index >= 15 is 0 Å². The number of rotatable bonds is 8. The Morgan fingerprint density at radius 2 is 1.85 bits per heavy atom. The zero-order valence-electron chi connectivity index (χ0n) is 20.2. The summed E-state index contributed by atoms with van der Waals surface area (Å²) in [7, 11) is 0. The average Bonchev–Trinajstić information content (AvgIpc) is 3.33. The van der Waals surface area contributed by atoms with Gasteiger partial charge in [-0.05, 0) is 44.4 Å². The van der Waals surface area contributed by atoms with E-state index in [-0.39, 0.29) is 54.6 Å². The molecule has 8 atom stereocenters. The van der Waals surface area contributed by atoms with Crippen molar-refractivity contribution in [3.8, 4) is 11.8 Å². The largest absolute Gasteiger partial charge is 0.462 e. The van der Waals surface area contributed by atoms with Crippen molar-refractivity contribution < 1.29 is 28.5 Å². The maximum absolute atomic E-state index is 12.0. The van der Waals surface area contributed by atoms with Crippen LogP contribution in [0.2, 0.25) is 0 Å². The highest BCUT2D eigenvalue weighted by Gasteiger charge is 2.50. The van der Waals surface area contributed by atoms with Gasteiger partial charge in [-0.1, -0.05) is 26.0 Å². The van der Waals surface area contributed by atoms with Crippen molar-refractivity contribution in [1.82, 2.24) is 0 Å². The smallest absolute Gasteiger partial charge is 0.306 e. The molecular weight excluding hydrogens is 420 g/mol. The molecule has 33 heavy (non-hydrogen) atoms. The third kappa shape index (κ3) is 6.82. The number of ether oxygens (including phenoxy) is 5. The van der Waals surface area contributed by atoms with Crippen LogP contribution in [0.15, 0.2) is 12.2 Å². The van der Waals surface area contributed by atoms with Crippen LogP contribution in [0.4, 0.5) is 0 Å². The van der Waals surface area contributed by atoms with Gasteiger partial charge in [0.05, 0.1) is 18.6 Å². The third-order valence-corrected chi connectivity index (χ3v) is 7.27. The van der Waals surface area contributed by atoms with E-state index in [2.05, 4.69) is 37.8 Å². The SMILES string of the molecule is CCC#CC[C@H](C)[C@@H](C=C[C@@H]1[C@H]2CC(=O)O[C@H]2C[C@H]1OC1CCCCO1)OC1CCCCO1. The van der Waals surface area contributed by atoms with Crippen LogP contribution in [-0.4, -0.2) is 50.1 Å². The molecule has 4 aliphatic rings. The molecule has 4 rings (SSSR count). The molecule has 6 heteroatoms. The van der Waals surface area contributed by atoms with Gasteiger partial charge in [0.25, 0.3) is 0 Å². The Kier molecular flexibility index (Phi) is 9.26. The molecule has 0 spiro atoms. The Morgan fingerprint density at radius 3 is 2.55 bits per heavy atom. The number of carbonyl (C=O) groups excluding carboxylic acids is 1. The molecule has 0 amide bonds. The summed E-state index contributed by atoms with van der Waals surface area (Å²) in [5, 5.41) is 0. The van der Waals surface area contributed by atoms with Gasteiger partial charge in [-0.25, -0.2) is 0 Å². The Balaban J connectivity index is 1.46. The van der Waals surface area contributed by atoms with Crippen molar-refractivity contribution in [2.45, 2.75) is 109 Å². The van der Waals surface area contributed by atoms with Crippen LogP contribution >= 0.6 is 0 Å². The van der Waals surface area contributed by atoms with Crippen molar-refractivity contribution in [2.75, 3.05) is 13.2 Å². The van der Waals surface area contributed by atoms with Crippen molar-refractivity contribution in [3.63, 3.8) is 0 Å². The maximum Gasteiger partial charge on any atom is 0.306 e. The Morgan fingerprint density at radius 1 is 1.09 bits per heavy atom. The van der Waals surface area contributed by atoms with E-state index < -0.39 is 0 Å². The number of carbonyl (C=O) groups is 1. The molecule has 1 saturated carbocycles. The highest BCUT2D eigenvalue weighted by Crippen LogP contribution is 2.44. The Bertz CT molecular complexity index is 712. The summed E-state index contributed by atoms with van der Waals surface area (Å²) in [5.74, 6) is 6.86. The van der Waals surface area contributed by atoms with Gasteiger partial charge < -0.3 is 23.7 Å². The summed E-state index contributed by atoms with van der Waals surface area (Å²) in [6.07, 6.45) is 13.1. The fourth-order valence-corrected chi connectivity index (χ4v) is 5.40. The minimum Gasteiger partial charge on any atom is -0.462 e. The number of hydrogen-bond donors (Lipinski definition) is 0. The fourth-order valence-electron chi connectivity index (χ4n) is 5.40. The fraction of sp³-hybridized carbons (Fsp3) is 0.815. The molecule has 184 valence electrons. The Labute approximate surface area is 198 Å². The van der Waals surface area contributed by atoms with E-state index in [0.717, 1.165) is 71.0 Å². The molecule has 0 radical (unpaired) electrons. The van der Waals surface area contributed by atoms with E-state index in [4.69, 9.17) is 23.7 Å². The van der Waals surface area contributed by atoms with Crippen LogP contribution in [0.3, 0.4) is 0 Å². The van der Waals surface area contributed by atoms with Gasteiger partial charge in [0, 0.05) is 44.3 Å². The quantitative estimate of drug-likeness (QED) is 0.296. The molecule has 0 aromatic carbocycles. The summed E-state index contributed by atoms with van der Waals surface area (Å²) in [4.78, 5) is 12.0. The molecule has 3 aliphatic heterocycles. The second kappa shape index (κ2) is 12.4. The zero-order valence-corrected chi connectivity index (χ0v) is 20.2. The summed E-state index contributed by atoms with van der Waals surface area (Å²) in [5.41, 5.74) is 0. The monoisotopic (exact) mass is 460 g/mol. The molecule has 0 N–H and O–H groups in total. The normalized spacial score (nSPS) is 36.1. The number of hydrogen-bond acceptors (Lipinski definition) is 6. The molecule has 2 unspecified atom stereocenters. The van der Waals surface area contributed by atoms with E-state index in [1.807, 2.05) is 0 Å². The van der Waals surface area contributed by atoms with Crippen LogP contribution in [0.1, 0.15) is 78.1 Å². The first-order chi connectivity index (χ1) is 16.1. The summed E-state index contributed by atoms with van der Waals surface area (Å²) in [6.45, 7) is 5.77. The van der Waals surface area contributed by atoms with Crippen molar-refractivity contribution in [2.24, 2.45) is 17.8 Å². The minimum atomic E-state index is -0.162. The summed E-state index contributed by atoms with van der Waals surface area (Å²) < 4.78 is 30.1. The van der Waals surface area contributed by atoms with Crippen LogP contribution in [0, 0.1) is 29.6 Å². The van der Waals surface area contributed by atoms with E-state index in [0.29, 0.717) is 6.42 Å². The third-order valence-electron chi connectivity index (χ3n) is 7.27. The molecule has 0 bridgehead atoms. The van der Waals surface area contributed by atoms with Crippen molar-refractivity contribution in [1.29, 1.82) is 0 Å². The highest BCUT2D eigenvalue weighted by atomic mass is 16.7. The van der Waals surface area contributed by atoms with Crippen LogP contribution in [0.25, 0.3) is 0 Å². The minimum absolute atomic E-state index is 0.00535. The highest BCUT2D eigenvalue weighted by molar-refractivity contribution is 5.72. The molecule has 1 aliphatic carbocycles. The van der Waals surface area contributed by atoms with Gasteiger partial charge >= 0.3 is 5.97 Å². The molecular formula is C27H40O6. The van der Waals surface area contributed by atoms with Gasteiger partial charge in [0.1, 0.15) is 6.10 Å². The molecule has 6 nitrogen and oxygen atoms in total. The number of esters is 1. The van der Waals surface area contributed by atoms with Crippen LogP contribution in [0.5, 0.6) is 0 Å². The van der Waals surface area contributed by atoms with Gasteiger partial charge in [-0.15, -0.1) is 11.8 Å². The molecule has 0 aromatic rings. The van der Waals surface area contributed by atoms with E-state index in [1.54, 1.807) is 0 Å². The standard InChI is InChI=1S/C27H40O6/c1-3-4-5-10-19(2)22(32-26-11-6-8-15-29-26)14-13-20-21-17-25(28)31-24(21)18-23(20)33-27-12-7-9-16-30-27/h13-14,19-24,26-27H,3,6-12,15-18H2,1-2H3/t19-,20+,21+,22+,23+,24-,26?,27?/m0/s1. The topological polar surface area (TPSA) is 63.2 Å². The lowest BCUT2D eigenvalue weighted by atomic mass is 9.90. The predicted octanol–water partition coefficient (Wildman–Crippen LogP) is 4.76. The second-order valence-corrected chi connectivity index (χ2v) is 9.85. The molecule has 4 fully saturated rings. The van der Waals surface area contributed by atoms with E-state index in [1.165, 1.54) is 0 Å². The van der Waals surface area contributed by atoms with Crippen molar-refractivity contribution >= 4 is 5.97 Å². The van der Waals surface area contributed by atoms with Crippen LogP contribution in [-0.2, 0) is 28.5 Å². The second-order valence-electron chi connectivity index (χ2n) is 9.85. The summed E-state index contributed by atoms with van der Waals surface area (Å²) >= 11 is 0. The van der Waals surface area contributed by atoms with E-state index in [9.17, 15) is 4.79 Å². The van der Waals surface area contributed by atoms with Gasteiger partial charge in [0.2, 0.25) is 0 Å². The molecule has 0 aromatic heterocycles. The first-order valence-corrected chi connectivity index (χ1v) is 13.0. The first-order valence-electron chi connectivity index (χ1n) is 13.0. The lowest BCUT2D eigenvalue weighted by Crippen LogP contribution is -2.32. The first kappa shape index (κ1) is 24.7.